The van der Waals surface area contributed by atoms with Crippen LogP contribution in [0.4, 0.5) is 0 Å². The summed E-state index contributed by atoms with van der Waals surface area (Å²) in [6.45, 7) is 3.23. The maximum absolute atomic E-state index is 9.58. The lowest BCUT2D eigenvalue weighted by Crippen LogP contribution is -2.18. The van der Waals surface area contributed by atoms with Gasteiger partial charge in [-0.2, -0.15) is 0 Å². The average Bonchev–Trinajstić information content (AvgIpc) is 2.37. The van der Waals surface area contributed by atoms with Crippen LogP contribution < -0.4 is 0 Å². The van der Waals surface area contributed by atoms with Crippen LogP contribution in [-0.4, -0.2) is 20.5 Å². The van der Waals surface area contributed by atoms with E-state index >= 15 is 0 Å². The minimum atomic E-state index is -1.19. The topological polar surface area (TPSA) is 61.8 Å². The van der Waals surface area contributed by atoms with Gasteiger partial charge < -0.3 is 5.11 Å². The van der Waals surface area contributed by atoms with Crippen molar-refractivity contribution in [2.24, 2.45) is 0 Å². The smallest absolute Gasteiger partial charge is 0.168 e. The molecular weight excluding hydrogens is 142 g/mol. The number of aromatic nitrogens is 3. The van der Waals surface area contributed by atoms with Gasteiger partial charge in [0.15, 0.2) is 5.60 Å². The minimum Gasteiger partial charge on any atom is -0.372 e. The number of aromatic amines is 1. The Morgan fingerprint density at radius 3 is 2.91 bits per heavy atom. The van der Waals surface area contributed by atoms with Gasteiger partial charge in [-0.25, -0.2) is 0 Å². The Balaban J connectivity index is 2.96. The molecule has 0 aromatic carbocycles. The monoisotopic (exact) mass is 151 g/mol. The fraction of sp³-hybridized carbons (Fsp3) is 0.429. The molecule has 1 aromatic rings. The van der Waals surface area contributed by atoms with E-state index < -0.39 is 5.60 Å². The van der Waals surface area contributed by atoms with Crippen molar-refractivity contribution >= 4 is 0 Å². The van der Waals surface area contributed by atoms with Crippen LogP contribution in [0, 0.1) is 11.8 Å². The molecule has 0 aliphatic rings. The molecule has 4 nitrogen and oxygen atoms in total. The van der Waals surface area contributed by atoms with E-state index in [4.69, 9.17) is 0 Å². The summed E-state index contributed by atoms with van der Waals surface area (Å²) in [5, 5.41) is 19.2. The zero-order chi connectivity index (χ0) is 8.32. The first kappa shape index (κ1) is 7.76. The quantitative estimate of drug-likeness (QED) is 0.557. The van der Waals surface area contributed by atoms with Gasteiger partial charge in [0, 0.05) is 6.20 Å². The highest BCUT2D eigenvalue weighted by molar-refractivity contribution is 5.21. The Hall–Kier alpha value is -1.34. The molecular formula is C7H9N3O. The van der Waals surface area contributed by atoms with E-state index in [0.29, 0.717) is 5.69 Å². The minimum absolute atomic E-state index is 0.437. The van der Waals surface area contributed by atoms with E-state index in [1.165, 1.54) is 6.20 Å². The molecule has 0 fully saturated rings. The number of H-pyrrole nitrogens is 1. The van der Waals surface area contributed by atoms with Crippen molar-refractivity contribution in [1.82, 2.24) is 15.4 Å². The van der Waals surface area contributed by atoms with Crippen molar-refractivity contribution in [3.05, 3.63) is 11.9 Å². The molecule has 2 N–H and O–H groups in total. The van der Waals surface area contributed by atoms with Gasteiger partial charge in [-0.1, -0.05) is 11.1 Å². The third kappa shape index (κ3) is 1.57. The first-order chi connectivity index (χ1) is 5.17. The second-order valence-corrected chi connectivity index (χ2v) is 2.31. The molecule has 0 spiro atoms. The molecule has 0 amide bonds. The predicted molar refractivity (Wildman–Crippen MR) is 39.4 cm³/mol. The fourth-order valence-corrected chi connectivity index (χ4v) is 0.747. The predicted octanol–water partition coefficient (Wildman–Crippen LogP) is 0.0355. The highest BCUT2D eigenvalue weighted by Gasteiger charge is 2.22. The molecule has 4 heteroatoms. The van der Waals surface area contributed by atoms with E-state index in [9.17, 15) is 5.11 Å². The second-order valence-electron chi connectivity index (χ2n) is 2.31. The van der Waals surface area contributed by atoms with Gasteiger partial charge in [-0.05, 0) is 13.8 Å². The molecule has 0 aliphatic carbocycles. The number of hydrogen-bond acceptors (Lipinski definition) is 3. The number of nitrogens with zero attached hydrogens (tertiary/aromatic N) is 2. The standard InChI is InChI=1S/C7H9N3O/c1-3-4-7(2,11)6-5-8-10-9-6/h5,11H,1-2H3,(H,8,9,10). The summed E-state index contributed by atoms with van der Waals surface area (Å²) in [6.07, 6.45) is 1.52. The Kier molecular flexibility index (Phi) is 1.92. The van der Waals surface area contributed by atoms with Gasteiger partial charge in [0.25, 0.3) is 0 Å². The van der Waals surface area contributed by atoms with Crippen LogP contribution in [0.25, 0.3) is 0 Å². The van der Waals surface area contributed by atoms with Crippen molar-refractivity contribution in [2.75, 3.05) is 0 Å². The second kappa shape index (κ2) is 2.72. The molecule has 0 aliphatic heterocycles. The number of hydrogen-bond donors (Lipinski definition) is 2. The van der Waals surface area contributed by atoms with Crippen molar-refractivity contribution in [1.29, 1.82) is 0 Å². The molecule has 1 unspecified atom stereocenters. The van der Waals surface area contributed by atoms with Gasteiger partial charge in [-0.3, -0.25) is 5.10 Å². The maximum atomic E-state index is 9.58. The fourth-order valence-electron chi connectivity index (χ4n) is 0.747. The summed E-state index contributed by atoms with van der Waals surface area (Å²) >= 11 is 0. The van der Waals surface area contributed by atoms with Gasteiger partial charge in [0.1, 0.15) is 5.69 Å². The summed E-state index contributed by atoms with van der Waals surface area (Å²) in [5.41, 5.74) is -0.756. The third-order valence-corrected chi connectivity index (χ3v) is 1.28. The maximum Gasteiger partial charge on any atom is 0.168 e. The molecule has 0 saturated heterocycles. The third-order valence-electron chi connectivity index (χ3n) is 1.28. The number of aliphatic hydroxyl groups is 1. The van der Waals surface area contributed by atoms with Crippen molar-refractivity contribution < 1.29 is 5.11 Å². The van der Waals surface area contributed by atoms with Gasteiger partial charge in [0.2, 0.25) is 0 Å². The molecule has 0 radical (unpaired) electrons. The van der Waals surface area contributed by atoms with Crippen LogP contribution in [0.1, 0.15) is 19.5 Å². The molecule has 0 bridgehead atoms. The first-order valence-electron chi connectivity index (χ1n) is 3.20. The summed E-state index contributed by atoms with van der Waals surface area (Å²) in [6, 6.07) is 0. The lowest BCUT2D eigenvalue weighted by atomic mass is 10.1. The largest absolute Gasteiger partial charge is 0.372 e. The normalized spacial score (nSPS) is 14.8. The van der Waals surface area contributed by atoms with Crippen LogP contribution >= 0.6 is 0 Å². The molecule has 1 aromatic heterocycles. The Morgan fingerprint density at radius 1 is 1.73 bits per heavy atom. The van der Waals surface area contributed by atoms with Crippen LogP contribution in [0.3, 0.4) is 0 Å². The van der Waals surface area contributed by atoms with E-state index in [0.717, 1.165) is 0 Å². The van der Waals surface area contributed by atoms with E-state index in [-0.39, 0.29) is 0 Å². The number of nitrogens with one attached hydrogen (secondary N) is 1. The Morgan fingerprint density at radius 2 is 2.45 bits per heavy atom. The Bertz CT molecular complexity index is 278. The van der Waals surface area contributed by atoms with Crippen LogP contribution in [0.15, 0.2) is 6.20 Å². The zero-order valence-corrected chi connectivity index (χ0v) is 6.42. The summed E-state index contributed by atoms with van der Waals surface area (Å²) in [7, 11) is 0. The summed E-state index contributed by atoms with van der Waals surface area (Å²) in [5.74, 6) is 5.22. The lowest BCUT2D eigenvalue weighted by molar-refractivity contribution is 0.117. The SMILES string of the molecule is CC#CC(C)(O)c1c[nH]nn1. The summed E-state index contributed by atoms with van der Waals surface area (Å²) in [4.78, 5) is 0. The van der Waals surface area contributed by atoms with Crippen LogP contribution in [0.5, 0.6) is 0 Å². The molecule has 58 valence electrons. The number of rotatable bonds is 1. The van der Waals surface area contributed by atoms with Crippen LogP contribution in [-0.2, 0) is 5.60 Å². The molecule has 0 saturated carbocycles. The van der Waals surface area contributed by atoms with E-state index in [1.54, 1.807) is 13.8 Å². The van der Waals surface area contributed by atoms with Crippen molar-refractivity contribution in [3.63, 3.8) is 0 Å². The van der Waals surface area contributed by atoms with Gasteiger partial charge in [-0.15, -0.1) is 11.0 Å². The lowest BCUT2D eigenvalue weighted by Gasteiger charge is -2.10. The van der Waals surface area contributed by atoms with E-state index in [1.807, 2.05) is 0 Å². The molecule has 1 atom stereocenters. The zero-order valence-electron chi connectivity index (χ0n) is 6.42. The Labute approximate surface area is 64.6 Å². The highest BCUT2D eigenvalue weighted by Crippen LogP contribution is 2.14. The summed E-state index contributed by atoms with van der Waals surface area (Å²) < 4.78 is 0. The van der Waals surface area contributed by atoms with Gasteiger partial charge >= 0.3 is 0 Å². The highest BCUT2D eigenvalue weighted by atomic mass is 16.3. The van der Waals surface area contributed by atoms with E-state index in [2.05, 4.69) is 27.3 Å². The molecule has 11 heavy (non-hydrogen) atoms. The average molecular weight is 151 g/mol. The van der Waals surface area contributed by atoms with Crippen LogP contribution in [0.2, 0.25) is 0 Å². The van der Waals surface area contributed by atoms with Crippen molar-refractivity contribution in [2.45, 2.75) is 19.4 Å². The first-order valence-corrected chi connectivity index (χ1v) is 3.20. The molecule has 1 rings (SSSR count). The van der Waals surface area contributed by atoms with Crippen molar-refractivity contribution in [3.8, 4) is 11.8 Å². The van der Waals surface area contributed by atoms with Gasteiger partial charge in [0.05, 0.1) is 0 Å². The molecule has 1 heterocycles.